The van der Waals surface area contributed by atoms with Gasteiger partial charge in [0.05, 0.1) is 24.3 Å². The number of aromatic nitrogens is 1. The third kappa shape index (κ3) is 3.82. The number of hydrogen-bond acceptors (Lipinski definition) is 4. The van der Waals surface area contributed by atoms with Gasteiger partial charge in [0.2, 0.25) is 0 Å². The van der Waals surface area contributed by atoms with Gasteiger partial charge in [0.25, 0.3) is 5.91 Å². The largest absolute Gasteiger partial charge is 0.466 e. The van der Waals surface area contributed by atoms with Crippen LogP contribution in [0.5, 0.6) is 0 Å². The average molecular weight is 340 g/mol. The highest BCUT2D eigenvalue weighted by Gasteiger charge is 2.38. The second kappa shape index (κ2) is 7.66. The van der Waals surface area contributed by atoms with Gasteiger partial charge < -0.3 is 14.1 Å². The van der Waals surface area contributed by atoms with Crippen molar-refractivity contribution in [1.29, 1.82) is 0 Å². The summed E-state index contributed by atoms with van der Waals surface area (Å²) in [5.41, 5.74) is 1.73. The Hall–Kier alpha value is -2.40. The summed E-state index contributed by atoms with van der Waals surface area (Å²) in [6.45, 7) is 8.57. The number of hydrogen-bond donors (Lipinski definition) is 0. The Kier molecular flexibility index (Phi) is 5.34. The fraction of sp³-hybridized carbons (Fsp3) is 0.400. The van der Waals surface area contributed by atoms with E-state index in [0.29, 0.717) is 24.5 Å². The standard InChI is InChI=1S/C20H24N2O3/c1-4-10-24-19-7-9-22(18(19)12-16-6-5-8-21-13-16)20(23)17-11-14(2)25-15(17)3/h4-6,8,11,13,18-19H,1,7,9-10,12H2,2-3H3/t18-,19+/m0/s1. The maximum absolute atomic E-state index is 13.1. The van der Waals surface area contributed by atoms with Crippen molar-refractivity contribution in [3.63, 3.8) is 0 Å². The van der Waals surface area contributed by atoms with Gasteiger partial charge in [-0.25, -0.2) is 0 Å². The zero-order chi connectivity index (χ0) is 17.8. The van der Waals surface area contributed by atoms with Crippen molar-refractivity contribution in [1.82, 2.24) is 9.88 Å². The molecule has 2 atom stereocenters. The van der Waals surface area contributed by atoms with Crippen LogP contribution >= 0.6 is 0 Å². The topological polar surface area (TPSA) is 55.6 Å². The van der Waals surface area contributed by atoms with Crippen LogP contribution in [0.15, 0.2) is 47.7 Å². The van der Waals surface area contributed by atoms with Crippen molar-refractivity contribution in [2.24, 2.45) is 0 Å². The van der Waals surface area contributed by atoms with Crippen LogP contribution in [0, 0.1) is 13.8 Å². The molecule has 0 unspecified atom stereocenters. The van der Waals surface area contributed by atoms with E-state index >= 15 is 0 Å². The molecule has 5 nitrogen and oxygen atoms in total. The first kappa shape index (κ1) is 17.4. The Labute approximate surface area is 148 Å². The second-order valence-corrected chi connectivity index (χ2v) is 6.41. The highest BCUT2D eigenvalue weighted by atomic mass is 16.5. The Morgan fingerprint density at radius 3 is 3.00 bits per heavy atom. The van der Waals surface area contributed by atoms with E-state index in [2.05, 4.69) is 11.6 Å². The first-order valence-electron chi connectivity index (χ1n) is 8.59. The lowest BCUT2D eigenvalue weighted by molar-refractivity contribution is 0.0379. The number of ether oxygens (including phenoxy) is 1. The zero-order valence-corrected chi connectivity index (χ0v) is 14.8. The fourth-order valence-corrected chi connectivity index (χ4v) is 3.46. The molecule has 2 aromatic heterocycles. The summed E-state index contributed by atoms with van der Waals surface area (Å²) in [7, 11) is 0. The number of aryl methyl sites for hydroxylation is 2. The van der Waals surface area contributed by atoms with Gasteiger partial charge in [-0.1, -0.05) is 12.1 Å². The highest BCUT2D eigenvalue weighted by molar-refractivity contribution is 5.95. The van der Waals surface area contributed by atoms with Crippen LogP contribution in [-0.2, 0) is 11.2 Å². The van der Waals surface area contributed by atoms with Gasteiger partial charge in [-0.3, -0.25) is 9.78 Å². The van der Waals surface area contributed by atoms with Crippen LogP contribution in [0.2, 0.25) is 0 Å². The monoisotopic (exact) mass is 340 g/mol. The summed E-state index contributed by atoms with van der Waals surface area (Å²) in [4.78, 5) is 19.2. The molecule has 1 aliphatic heterocycles. The summed E-state index contributed by atoms with van der Waals surface area (Å²) < 4.78 is 11.5. The Morgan fingerprint density at radius 1 is 1.52 bits per heavy atom. The average Bonchev–Trinajstić information content (AvgIpc) is 3.16. The lowest BCUT2D eigenvalue weighted by Crippen LogP contribution is -2.42. The lowest BCUT2D eigenvalue weighted by atomic mass is 10.0. The number of furan rings is 1. The molecule has 1 amide bonds. The summed E-state index contributed by atoms with van der Waals surface area (Å²) in [6, 6.07) is 5.74. The first-order chi connectivity index (χ1) is 12.1. The van der Waals surface area contributed by atoms with E-state index in [-0.39, 0.29) is 18.1 Å². The number of rotatable bonds is 6. The minimum atomic E-state index is -0.0220. The van der Waals surface area contributed by atoms with Gasteiger partial charge in [0.15, 0.2) is 0 Å². The molecule has 1 saturated heterocycles. The van der Waals surface area contributed by atoms with Crippen molar-refractivity contribution in [3.05, 3.63) is 65.9 Å². The van der Waals surface area contributed by atoms with Gasteiger partial charge in [0.1, 0.15) is 11.5 Å². The minimum absolute atomic E-state index is 0.00420. The molecule has 0 aromatic carbocycles. The SMILES string of the molecule is C=CCO[C@@H]1CCN(C(=O)c2cc(C)oc2C)[C@H]1Cc1cccnc1. The van der Waals surface area contributed by atoms with Crippen LogP contribution in [-0.4, -0.2) is 41.1 Å². The number of carbonyl (C=O) groups is 1. The maximum atomic E-state index is 13.1. The molecule has 132 valence electrons. The van der Waals surface area contributed by atoms with Gasteiger partial charge in [-0.2, -0.15) is 0 Å². The van der Waals surface area contributed by atoms with E-state index < -0.39 is 0 Å². The van der Waals surface area contributed by atoms with Gasteiger partial charge in [0, 0.05) is 18.9 Å². The van der Waals surface area contributed by atoms with Crippen LogP contribution in [0.25, 0.3) is 0 Å². The zero-order valence-electron chi connectivity index (χ0n) is 14.8. The van der Waals surface area contributed by atoms with E-state index in [1.165, 1.54) is 0 Å². The highest BCUT2D eigenvalue weighted by Crippen LogP contribution is 2.27. The predicted molar refractivity (Wildman–Crippen MR) is 95.5 cm³/mol. The van der Waals surface area contributed by atoms with Crippen LogP contribution < -0.4 is 0 Å². The van der Waals surface area contributed by atoms with Crippen molar-refractivity contribution >= 4 is 5.91 Å². The molecule has 3 rings (SSSR count). The molecule has 0 bridgehead atoms. The molecule has 0 spiro atoms. The molecular weight excluding hydrogens is 316 g/mol. The number of nitrogens with zero attached hydrogens (tertiary/aromatic N) is 2. The molecule has 1 aliphatic rings. The minimum Gasteiger partial charge on any atom is -0.466 e. The Morgan fingerprint density at radius 2 is 2.36 bits per heavy atom. The van der Waals surface area contributed by atoms with Crippen molar-refractivity contribution in [2.45, 2.75) is 38.8 Å². The summed E-state index contributed by atoms with van der Waals surface area (Å²) in [6.07, 6.45) is 6.88. The van der Waals surface area contributed by atoms with Crippen molar-refractivity contribution in [3.8, 4) is 0 Å². The number of amides is 1. The number of likely N-dealkylation sites (tertiary alicyclic amines) is 1. The molecule has 0 saturated carbocycles. The van der Waals surface area contributed by atoms with Crippen molar-refractivity contribution < 1.29 is 13.9 Å². The fourth-order valence-electron chi connectivity index (χ4n) is 3.46. The lowest BCUT2D eigenvalue weighted by Gasteiger charge is -2.28. The van der Waals surface area contributed by atoms with Gasteiger partial charge in [-0.05, 0) is 44.4 Å². The van der Waals surface area contributed by atoms with Crippen LogP contribution in [0.4, 0.5) is 0 Å². The van der Waals surface area contributed by atoms with E-state index in [0.717, 1.165) is 24.2 Å². The molecule has 3 heterocycles. The van der Waals surface area contributed by atoms with Crippen molar-refractivity contribution in [2.75, 3.05) is 13.2 Å². The Balaban J connectivity index is 1.84. The molecule has 1 fully saturated rings. The predicted octanol–water partition coefficient (Wildman–Crippen LogP) is 3.32. The van der Waals surface area contributed by atoms with E-state index in [1.54, 1.807) is 12.3 Å². The molecule has 0 N–H and O–H groups in total. The normalized spacial score (nSPS) is 20.0. The summed E-state index contributed by atoms with van der Waals surface area (Å²) >= 11 is 0. The molecule has 0 radical (unpaired) electrons. The maximum Gasteiger partial charge on any atom is 0.257 e. The quantitative estimate of drug-likeness (QED) is 0.757. The van der Waals surface area contributed by atoms with Gasteiger partial charge in [-0.15, -0.1) is 6.58 Å². The van der Waals surface area contributed by atoms with Gasteiger partial charge >= 0.3 is 0 Å². The van der Waals surface area contributed by atoms with E-state index in [9.17, 15) is 4.79 Å². The first-order valence-corrected chi connectivity index (χ1v) is 8.59. The summed E-state index contributed by atoms with van der Waals surface area (Å²) in [5, 5.41) is 0. The summed E-state index contributed by atoms with van der Waals surface area (Å²) in [5.74, 6) is 1.43. The molecular formula is C20H24N2O3. The Bertz CT molecular complexity index is 739. The molecule has 2 aromatic rings. The number of pyridine rings is 1. The van der Waals surface area contributed by atoms with E-state index in [4.69, 9.17) is 9.15 Å². The third-order valence-electron chi connectivity index (χ3n) is 4.61. The van der Waals surface area contributed by atoms with E-state index in [1.807, 2.05) is 43.1 Å². The number of carbonyl (C=O) groups excluding carboxylic acids is 1. The second-order valence-electron chi connectivity index (χ2n) is 6.41. The van der Waals surface area contributed by atoms with Crippen LogP contribution in [0.3, 0.4) is 0 Å². The third-order valence-corrected chi connectivity index (χ3v) is 4.61. The molecule has 0 aliphatic carbocycles. The van der Waals surface area contributed by atoms with Crippen LogP contribution in [0.1, 0.15) is 33.9 Å². The molecule has 25 heavy (non-hydrogen) atoms. The molecule has 5 heteroatoms. The smallest absolute Gasteiger partial charge is 0.257 e.